The molecule has 0 radical (unpaired) electrons. The minimum absolute atomic E-state index is 0.0224. The highest BCUT2D eigenvalue weighted by Crippen LogP contribution is 2.29. The average Bonchev–Trinajstić information content (AvgIpc) is 2.94. The van der Waals surface area contributed by atoms with E-state index in [1.807, 2.05) is 13.8 Å². The molecular formula is C18H24F2N4O2S. The van der Waals surface area contributed by atoms with Crippen LogP contribution in [0.1, 0.15) is 28.1 Å². The van der Waals surface area contributed by atoms with Gasteiger partial charge in [0.25, 0.3) is 0 Å². The summed E-state index contributed by atoms with van der Waals surface area (Å²) in [5.74, 6) is 0.941. The SMILES string of the molecule is CCOc1cc(CNC(=NC)NCc2sc(C)nc2C)ccc1OC(F)F. The van der Waals surface area contributed by atoms with Gasteiger partial charge in [0.05, 0.1) is 23.9 Å². The molecule has 0 unspecified atom stereocenters. The molecule has 0 fully saturated rings. The zero-order valence-electron chi connectivity index (χ0n) is 15.8. The fraction of sp³-hybridized carbons (Fsp3) is 0.444. The molecule has 2 N–H and O–H groups in total. The molecule has 9 heteroatoms. The van der Waals surface area contributed by atoms with Crippen molar-refractivity contribution < 1.29 is 18.3 Å². The predicted molar refractivity (Wildman–Crippen MR) is 103 cm³/mol. The highest BCUT2D eigenvalue weighted by molar-refractivity contribution is 7.11. The molecule has 0 atom stereocenters. The Kier molecular flexibility index (Phi) is 7.78. The van der Waals surface area contributed by atoms with E-state index in [1.165, 1.54) is 6.07 Å². The first-order chi connectivity index (χ1) is 12.9. The van der Waals surface area contributed by atoms with Gasteiger partial charge in [-0.25, -0.2) is 4.98 Å². The Bertz CT molecular complexity index is 781. The van der Waals surface area contributed by atoms with E-state index in [4.69, 9.17) is 4.74 Å². The minimum Gasteiger partial charge on any atom is -0.490 e. The van der Waals surface area contributed by atoms with Crippen LogP contribution in [0.25, 0.3) is 0 Å². The van der Waals surface area contributed by atoms with Gasteiger partial charge < -0.3 is 20.1 Å². The summed E-state index contributed by atoms with van der Waals surface area (Å²) in [6, 6.07) is 4.86. The molecule has 0 bridgehead atoms. The van der Waals surface area contributed by atoms with Gasteiger partial charge in [-0.2, -0.15) is 8.78 Å². The fourth-order valence-electron chi connectivity index (χ4n) is 2.43. The molecule has 27 heavy (non-hydrogen) atoms. The van der Waals surface area contributed by atoms with Gasteiger partial charge in [0.1, 0.15) is 0 Å². The summed E-state index contributed by atoms with van der Waals surface area (Å²) in [6.45, 7) is 4.28. The lowest BCUT2D eigenvalue weighted by Gasteiger charge is -2.14. The number of ether oxygens (including phenoxy) is 2. The molecule has 6 nitrogen and oxygen atoms in total. The Labute approximate surface area is 161 Å². The van der Waals surface area contributed by atoms with Crippen LogP contribution in [0.5, 0.6) is 11.5 Å². The summed E-state index contributed by atoms with van der Waals surface area (Å²) in [7, 11) is 1.69. The van der Waals surface area contributed by atoms with Gasteiger partial charge in [-0.1, -0.05) is 6.07 Å². The number of halogens is 2. The van der Waals surface area contributed by atoms with Crippen molar-refractivity contribution in [3.8, 4) is 11.5 Å². The lowest BCUT2D eigenvalue weighted by Crippen LogP contribution is -2.36. The van der Waals surface area contributed by atoms with Gasteiger partial charge in [-0.05, 0) is 38.5 Å². The third kappa shape index (κ3) is 6.35. The van der Waals surface area contributed by atoms with Gasteiger partial charge in [0.2, 0.25) is 0 Å². The van der Waals surface area contributed by atoms with Crippen molar-refractivity contribution in [3.63, 3.8) is 0 Å². The predicted octanol–water partition coefficient (Wildman–Crippen LogP) is 3.63. The quantitative estimate of drug-likeness (QED) is 0.525. The van der Waals surface area contributed by atoms with Gasteiger partial charge in [-0.15, -0.1) is 11.3 Å². The Morgan fingerprint density at radius 3 is 2.56 bits per heavy atom. The van der Waals surface area contributed by atoms with Crippen LogP contribution in [-0.4, -0.2) is 31.2 Å². The molecule has 1 aromatic carbocycles. The number of nitrogens with zero attached hydrogens (tertiary/aromatic N) is 2. The summed E-state index contributed by atoms with van der Waals surface area (Å²) in [5.41, 5.74) is 1.87. The van der Waals surface area contributed by atoms with Crippen molar-refractivity contribution in [3.05, 3.63) is 39.3 Å². The fourth-order valence-corrected chi connectivity index (χ4v) is 3.31. The molecule has 1 heterocycles. The summed E-state index contributed by atoms with van der Waals surface area (Å²) in [5, 5.41) is 7.46. The maximum Gasteiger partial charge on any atom is 0.387 e. The zero-order chi connectivity index (χ0) is 19.8. The number of aromatic nitrogens is 1. The topological polar surface area (TPSA) is 67.8 Å². The van der Waals surface area contributed by atoms with E-state index < -0.39 is 6.61 Å². The number of aliphatic imine (C=N–C) groups is 1. The minimum atomic E-state index is -2.89. The number of alkyl halides is 2. The Morgan fingerprint density at radius 2 is 1.96 bits per heavy atom. The van der Waals surface area contributed by atoms with Gasteiger partial charge in [0, 0.05) is 18.5 Å². The van der Waals surface area contributed by atoms with Crippen molar-refractivity contribution in [2.75, 3.05) is 13.7 Å². The van der Waals surface area contributed by atoms with E-state index in [0.717, 1.165) is 21.1 Å². The molecule has 1 aromatic heterocycles. The summed E-state index contributed by atoms with van der Waals surface area (Å²) in [4.78, 5) is 9.75. The summed E-state index contributed by atoms with van der Waals surface area (Å²) < 4.78 is 34.8. The van der Waals surface area contributed by atoms with E-state index in [-0.39, 0.29) is 11.5 Å². The van der Waals surface area contributed by atoms with Crippen LogP contribution in [0.15, 0.2) is 23.2 Å². The largest absolute Gasteiger partial charge is 0.490 e. The second-order valence-corrected chi connectivity index (χ2v) is 6.90. The molecule has 0 saturated heterocycles. The van der Waals surface area contributed by atoms with E-state index in [2.05, 4.69) is 25.3 Å². The number of nitrogens with one attached hydrogen (secondary N) is 2. The highest BCUT2D eigenvalue weighted by Gasteiger charge is 2.12. The number of aryl methyl sites for hydroxylation is 2. The van der Waals surface area contributed by atoms with Crippen molar-refractivity contribution in [1.29, 1.82) is 0 Å². The third-order valence-electron chi connectivity index (χ3n) is 3.62. The molecule has 2 aromatic rings. The second kappa shape index (κ2) is 10.1. The first-order valence-electron chi connectivity index (χ1n) is 8.50. The Balaban J connectivity index is 1.96. The number of hydrogen-bond donors (Lipinski definition) is 2. The molecule has 0 aliphatic rings. The molecule has 0 aliphatic carbocycles. The van der Waals surface area contributed by atoms with E-state index in [1.54, 1.807) is 37.4 Å². The van der Waals surface area contributed by atoms with Crippen LogP contribution in [-0.2, 0) is 13.1 Å². The maximum atomic E-state index is 12.5. The smallest absolute Gasteiger partial charge is 0.387 e. The molecular weight excluding hydrogens is 374 g/mol. The third-order valence-corrected chi connectivity index (χ3v) is 4.70. The Hall–Kier alpha value is -2.42. The van der Waals surface area contributed by atoms with Crippen molar-refractivity contribution >= 4 is 17.3 Å². The van der Waals surface area contributed by atoms with Gasteiger partial charge in [0.15, 0.2) is 17.5 Å². The van der Waals surface area contributed by atoms with Crippen LogP contribution in [0, 0.1) is 13.8 Å². The Morgan fingerprint density at radius 1 is 1.22 bits per heavy atom. The van der Waals surface area contributed by atoms with Crippen molar-refractivity contribution in [2.24, 2.45) is 4.99 Å². The molecule has 2 rings (SSSR count). The van der Waals surface area contributed by atoms with Crippen LogP contribution in [0.4, 0.5) is 8.78 Å². The maximum absolute atomic E-state index is 12.5. The van der Waals surface area contributed by atoms with Gasteiger partial charge >= 0.3 is 6.61 Å². The van der Waals surface area contributed by atoms with E-state index >= 15 is 0 Å². The standard InChI is InChI=1S/C18H24F2N4O2S/c1-5-25-15-8-13(6-7-14(15)26-17(19)20)9-22-18(21-4)23-10-16-11(2)24-12(3)27-16/h6-8,17H,5,9-10H2,1-4H3,(H2,21,22,23). The zero-order valence-corrected chi connectivity index (χ0v) is 16.6. The lowest BCUT2D eigenvalue weighted by molar-refractivity contribution is -0.0514. The van der Waals surface area contributed by atoms with E-state index in [9.17, 15) is 8.78 Å². The molecule has 0 saturated carbocycles. The normalized spacial score (nSPS) is 11.6. The number of hydrogen-bond acceptors (Lipinski definition) is 5. The summed E-state index contributed by atoms with van der Waals surface area (Å²) in [6.07, 6.45) is 0. The summed E-state index contributed by atoms with van der Waals surface area (Å²) >= 11 is 1.65. The van der Waals surface area contributed by atoms with Crippen LogP contribution >= 0.6 is 11.3 Å². The van der Waals surface area contributed by atoms with Crippen molar-refractivity contribution in [2.45, 2.75) is 40.5 Å². The van der Waals surface area contributed by atoms with Crippen LogP contribution in [0.3, 0.4) is 0 Å². The number of thiazole rings is 1. The van der Waals surface area contributed by atoms with Crippen LogP contribution in [0.2, 0.25) is 0 Å². The number of benzene rings is 1. The molecule has 148 valence electrons. The van der Waals surface area contributed by atoms with Crippen molar-refractivity contribution in [1.82, 2.24) is 15.6 Å². The number of rotatable bonds is 8. The first kappa shape index (κ1) is 20.9. The average molecular weight is 398 g/mol. The van der Waals surface area contributed by atoms with Crippen LogP contribution < -0.4 is 20.1 Å². The number of guanidine groups is 1. The van der Waals surface area contributed by atoms with Gasteiger partial charge in [-0.3, -0.25) is 4.99 Å². The molecule has 0 spiro atoms. The monoisotopic (exact) mass is 398 g/mol. The second-order valence-electron chi connectivity index (χ2n) is 5.61. The lowest BCUT2D eigenvalue weighted by atomic mass is 10.2. The van der Waals surface area contributed by atoms with E-state index in [0.29, 0.717) is 25.7 Å². The molecule has 0 aliphatic heterocycles. The first-order valence-corrected chi connectivity index (χ1v) is 9.32. The highest BCUT2D eigenvalue weighted by atomic mass is 32.1. The molecule has 0 amide bonds.